The van der Waals surface area contributed by atoms with Gasteiger partial charge in [-0.1, -0.05) is 0 Å². The lowest BCUT2D eigenvalue weighted by atomic mass is 10.3. The molecule has 2 N–H and O–H groups in total. The molecule has 0 aliphatic heterocycles. The molecule has 3 aromatic heterocycles. The van der Waals surface area contributed by atoms with Crippen LogP contribution in [0, 0.1) is 0 Å². The van der Waals surface area contributed by atoms with Crippen molar-refractivity contribution in [2.75, 3.05) is 24.3 Å². The fourth-order valence-corrected chi connectivity index (χ4v) is 2.11. The van der Waals surface area contributed by atoms with Gasteiger partial charge in [-0.05, 0) is 0 Å². The molecule has 3 aromatic rings. The fraction of sp³-hybridized carbons (Fsp3) is 0.333. The molecule has 0 radical (unpaired) electrons. The first-order valence-electron chi connectivity index (χ1n) is 6.25. The molecule has 0 amide bonds. The summed E-state index contributed by atoms with van der Waals surface area (Å²) >= 11 is 0. The van der Waals surface area contributed by atoms with Gasteiger partial charge in [0.25, 0.3) is 0 Å². The molecule has 0 saturated carbocycles. The summed E-state index contributed by atoms with van der Waals surface area (Å²) in [6, 6.07) is 0. The van der Waals surface area contributed by atoms with Gasteiger partial charge in [-0.2, -0.15) is 15.1 Å². The second-order valence-corrected chi connectivity index (χ2v) is 4.60. The molecule has 8 nitrogen and oxygen atoms in total. The standard InChI is InChI=1S/C12H16N8/c1-13-12-17-10-9(14-7-15-10)11(18-12)19(2)5-8-4-16-20(3)6-8/h4,6-7H,5H2,1-3H3,(H2,13,14,15,17,18). The number of imidazole rings is 1. The molecule has 0 bridgehead atoms. The third-order valence-electron chi connectivity index (χ3n) is 3.03. The van der Waals surface area contributed by atoms with E-state index in [1.54, 1.807) is 18.1 Å². The number of aryl methyl sites for hydroxylation is 1. The zero-order valence-corrected chi connectivity index (χ0v) is 11.6. The quantitative estimate of drug-likeness (QED) is 0.729. The first kappa shape index (κ1) is 12.4. The molecular formula is C12H16N8. The molecular weight excluding hydrogens is 256 g/mol. The Morgan fingerprint density at radius 3 is 2.95 bits per heavy atom. The van der Waals surface area contributed by atoms with E-state index in [0.29, 0.717) is 18.1 Å². The summed E-state index contributed by atoms with van der Waals surface area (Å²) in [6.07, 6.45) is 5.46. The van der Waals surface area contributed by atoms with Gasteiger partial charge in [0.05, 0.1) is 12.5 Å². The van der Waals surface area contributed by atoms with Crippen molar-refractivity contribution >= 4 is 22.9 Å². The van der Waals surface area contributed by atoms with Crippen molar-refractivity contribution in [1.82, 2.24) is 29.7 Å². The Balaban J connectivity index is 1.97. The van der Waals surface area contributed by atoms with Gasteiger partial charge < -0.3 is 15.2 Å². The Hall–Kier alpha value is -2.64. The SMILES string of the molecule is CNc1nc(N(C)Cc2cnn(C)c2)c2[nH]cnc2n1. The minimum absolute atomic E-state index is 0.553. The monoisotopic (exact) mass is 272 g/mol. The van der Waals surface area contributed by atoms with Crippen LogP contribution in [0.3, 0.4) is 0 Å². The maximum Gasteiger partial charge on any atom is 0.226 e. The smallest absolute Gasteiger partial charge is 0.226 e. The molecule has 0 aliphatic carbocycles. The summed E-state index contributed by atoms with van der Waals surface area (Å²) in [4.78, 5) is 18.1. The Morgan fingerprint density at radius 1 is 1.40 bits per heavy atom. The molecule has 0 unspecified atom stereocenters. The van der Waals surface area contributed by atoms with Gasteiger partial charge >= 0.3 is 0 Å². The molecule has 8 heteroatoms. The van der Waals surface area contributed by atoms with Crippen LogP contribution >= 0.6 is 0 Å². The number of hydrogen-bond donors (Lipinski definition) is 2. The van der Waals surface area contributed by atoms with Crippen LogP contribution in [0.15, 0.2) is 18.7 Å². The highest BCUT2D eigenvalue weighted by Gasteiger charge is 2.14. The first-order chi connectivity index (χ1) is 9.67. The zero-order valence-electron chi connectivity index (χ0n) is 11.6. The van der Waals surface area contributed by atoms with Crippen molar-refractivity contribution in [2.24, 2.45) is 7.05 Å². The molecule has 0 saturated heterocycles. The number of rotatable bonds is 4. The molecule has 0 fully saturated rings. The van der Waals surface area contributed by atoms with Crippen LogP contribution in [-0.2, 0) is 13.6 Å². The number of nitrogens with zero attached hydrogens (tertiary/aromatic N) is 6. The molecule has 0 atom stereocenters. The third-order valence-corrected chi connectivity index (χ3v) is 3.03. The average molecular weight is 272 g/mol. The number of aromatic nitrogens is 6. The summed E-state index contributed by atoms with van der Waals surface area (Å²) in [5, 5.41) is 7.13. The van der Waals surface area contributed by atoms with E-state index in [0.717, 1.165) is 16.9 Å². The highest BCUT2D eigenvalue weighted by atomic mass is 15.3. The summed E-state index contributed by atoms with van der Waals surface area (Å²) in [5.74, 6) is 1.36. The second kappa shape index (κ2) is 4.80. The number of anilines is 2. The molecule has 0 aromatic carbocycles. The van der Waals surface area contributed by atoms with E-state index in [2.05, 4.69) is 30.4 Å². The largest absolute Gasteiger partial charge is 0.357 e. The number of fused-ring (bicyclic) bond motifs is 1. The van der Waals surface area contributed by atoms with Crippen molar-refractivity contribution < 1.29 is 0 Å². The van der Waals surface area contributed by atoms with Crippen molar-refractivity contribution in [1.29, 1.82) is 0 Å². The molecule has 104 valence electrons. The number of aromatic amines is 1. The van der Waals surface area contributed by atoms with Crippen LogP contribution in [0.2, 0.25) is 0 Å². The Morgan fingerprint density at radius 2 is 2.25 bits per heavy atom. The predicted molar refractivity (Wildman–Crippen MR) is 76.5 cm³/mol. The lowest BCUT2D eigenvalue weighted by molar-refractivity contribution is 0.766. The average Bonchev–Trinajstić information content (AvgIpc) is 3.06. The summed E-state index contributed by atoms with van der Waals surface area (Å²) in [6.45, 7) is 0.710. The van der Waals surface area contributed by atoms with Crippen LogP contribution in [0.25, 0.3) is 11.2 Å². The lowest BCUT2D eigenvalue weighted by Crippen LogP contribution is -2.18. The van der Waals surface area contributed by atoms with Crippen molar-refractivity contribution in [3.63, 3.8) is 0 Å². The Kier molecular flexibility index (Phi) is 2.97. The van der Waals surface area contributed by atoms with E-state index in [4.69, 9.17) is 0 Å². The maximum atomic E-state index is 4.50. The number of hydrogen-bond acceptors (Lipinski definition) is 6. The predicted octanol–water partition coefficient (Wildman–Crippen LogP) is 0.764. The van der Waals surface area contributed by atoms with Crippen LogP contribution in [-0.4, -0.2) is 43.8 Å². The van der Waals surface area contributed by atoms with E-state index in [9.17, 15) is 0 Å². The van der Waals surface area contributed by atoms with Gasteiger partial charge in [-0.3, -0.25) is 4.68 Å². The van der Waals surface area contributed by atoms with Crippen molar-refractivity contribution in [3.05, 3.63) is 24.3 Å². The second-order valence-electron chi connectivity index (χ2n) is 4.60. The van der Waals surface area contributed by atoms with Gasteiger partial charge in [-0.25, -0.2) is 4.98 Å². The Labute approximate surface area is 115 Å². The fourth-order valence-electron chi connectivity index (χ4n) is 2.11. The van der Waals surface area contributed by atoms with E-state index in [-0.39, 0.29) is 0 Å². The molecule has 0 spiro atoms. The van der Waals surface area contributed by atoms with Crippen molar-refractivity contribution in [3.8, 4) is 0 Å². The molecule has 0 aliphatic rings. The first-order valence-corrected chi connectivity index (χ1v) is 6.25. The Bertz CT molecular complexity index is 728. The molecule has 20 heavy (non-hydrogen) atoms. The highest BCUT2D eigenvalue weighted by Crippen LogP contribution is 2.22. The highest BCUT2D eigenvalue weighted by molar-refractivity contribution is 5.84. The van der Waals surface area contributed by atoms with Gasteiger partial charge in [0.1, 0.15) is 5.52 Å². The van der Waals surface area contributed by atoms with Crippen LogP contribution in [0.5, 0.6) is 0 Å². The van der Waals surface area contributed by atoms with Gasteiger partial charge in [0, 0.05) is 39.4 Å². The van der Waals surface area contributed by atoms with Crippen molar-refractivity contribution in [2.45, 2.75) is 6.54 Å². The van der Waals surface area contributed by atoms with Crippen LogP contribution < -0.4 is 10.2 Å². The van der Waals surface area contributed by atoms with Crippen LogP contribution in [0.4, 0.5) is 11.8 Å². The number of H-pyrrole nitrogens is 1. The molecule has 3 heterocycles. The van der Waals surface area contributed by atoms with Gasteiger partial charge in [0.2, 0.25) is 5.95 Å². The van der Waals surface area contributed by atoms with E-state index in [1.807, 2.05) is 31.4 Å². The topological polar surface area (TPSA) is 87.5 Å². The van der Waals surface area contributed by atoms with E-state index < -0.39 is 0 Å². The summed E-state index contributed by atoms with van der Waals surface area (Å²) in [7, 11) is 5.67. The van der Waals surface area contributed by atoms with E-state index >= 15 is 0 Å². The lowest BCUT2D eigenvalue weighted by Gasteiger charge is -2.18. The normalized spacial score (nSPS) is 10.9. The van der Waals surface area contributed by atoms with Gasteiger partial charge in [0.15, 0.2) is 11.5 Å². The zero-order chi connectivity index (χ0) is 14.1. The minimum atomic E-state index is 0.553. The van der Waals surface area contributed by atoms with Crippen LogP contribution in [0.1, 0.15) is 5.56 Å². The number of nitrogens with one attached hydrogen (secondary N) is 2. The third kappa shape index (κ3) is 2.15. The maximum absolute atomic E-state index is 4.50. The molecule has 3 rings (SSSR count). The van der Waals surface area contributed by atoms with Gasteiger partial charge in [-0.15, -0.1) is 0 Å². The van der Waals surface area contributed by atoms with E-state index in [1.165, 1.54) is 0 Å². The summed E-state index contributed by atoms with van der Waals surface area (Å²) in [5.41, 5.74) is 2.60. The summed E-state index contributed by atoms with van der Waals surface area (Å²) < 4.78 is 1.79. The minimum Gasteiger partial charge on any atom is -0.357 e.